The maximum atomic E-state index is 13.6. The molecular formula is C33H29NO8. The maximum absolute atomic E-state index is 13.6. The summed E-state index contributed by atoms with van der Waals surface area (Å²) in [6.07, 6.45) is 3.15. The van der Waals surface area contributed by atoms with Gasteiger partial charge in [0, 0.05) is 40.8 Å². The average Bonchev–Trinajstić information content (AvgIpc) is 3.22. The topological polar surface area (TPSA) is 138 Å². The molecule has 1 aliphatic heterocycles. The van der Waals surface area contributed by atoms with Gasteiger partial charge < -0.3 is 14.9 Å². The highest BCUT2D eigenvalue weighted by Crippen LogP contribution is 2.56. The number of allylic oxidation sites excluding steroid dienone is 6. The number of carboxylic acid groups (broad SMARTS) is 1. The van der Waals surface area contributed by atoms with Crippen LogP contribution in [0.25, 0.3) is 0 Å². The molecule has 2 N–H and O–H groups in total. The van der Waals surface area contributed by atoms with Crippen LogP contribution >= 0.6 is 0 Å². The van der Waals surface area contributed by atoms with E-state index in [1.165, 1.54) is 12.1 Å². The van der Waals surface area contributed by atoms with Crippen molar-refractivity contribution in [2.75, 3.05) is 6.54 Å². The molecule has 0 aromatic heterocycles. The van der Waals surface area contributed by atoms with Crippen LogP contribution in [0.2, 0.25) is 0 Å². The number of carbonyl (C=O) groups is 5. The molecule has 0 spiro atoms. The van der Waals surface area contributed by atoms with Crippen molar-refractivity contribution in [1.82, 2.24) is 4.90 Å². The van der Waals surface area contributed by atoms with E-state index in [1.807, 2.05) is 36.4 Å². The standard InChI is InChI=1S/C33H29NO8/c1-17-13-25(35)24-15-23-20(9-10-22-29(23)33(41)34(32(22)40)12-11-27(37)38)28(30(24)31(17)39)21-8-7-19(14-26(21)36)42-16-18-5-3-2-4-6-18/h2-9,13-14,22-23,28-29,36H,10-12,15-16H2,1H3,(H,37,38)/t22-,23+,28+,29-/m0/s1. The molecule has 2 amide bonds. The van der Waals surface area contributed by atoms with Gasteiger partial charge in [-0.3, -0.25) is 28.9 Å². The zero-order valence-electron chi connectivity index (χ0n) is 22.9. The second-order valence-electron chi connectivity index (χ2n) is 11.2. The van der Waals surface area contributed by atoms with E-state index in [0.29, 0.717) is 29.1 Å². The summed E-state index contributed by atoms with van der Waals surface area (Å²) in [7, 11) is 0. The van der Waals surface area contributed by atoms with Crippen LogP contribution in [0, 0.1) is 17.8 Å². The Bertz CT molecular complexity index is 1630. The second kappa shape index (κ2) is 10.6. The van der Waals surface area contributed by atoms with Crippen molar-refractivity contribution in [2.45, 2.75) is 38.7 Å². The van der Waals surface area contributed by atoms with E-state index in [2.05, 4.69) is 0 Å². The molecule has 1 fully saturated rings. The van der Waals surface area contributed by atoms with Gasteiger partial charge in [0.1, 0.15) is 18.1 Å². The Hall–Kier alpha value is -4.79. The number of carbonyl (C=O) groups excluding carboxylic acids is 4. The summed E-state index contributed by atoms with van der Waals surface area (Å²) in [4.78, 5) is 65.7. The number of rotatable bonds is 7. The number of Topliss-reactive ketones (excluding diaryl/α,β-unsaturated/α-hetero) is 1. The van der Waals surface area contributed by atoms with Crippen LogP contribution in [0.3, 0.4) is 0 Å². The largest absolute Gasteiger partial charge is 0.507 e. The number of imide groups is 1. The van der Waals surface area contributed by atoms with Crippen LogP contribution in [0.15, 0.2) is 83.0 Å². The first-order valence-electron chi connectivity index (χ1n) is 13.9. The number of carboxylic acids is 1. The number of amides is 2. The van der Waals surface area contributed by atoms with Crippen LogP contribution < -0.4 is 4.74 Å². The van der Waals surface area contributed by atoms with E-state index < -0.39 is 41.5 Å². The number of phenolic OH excluding ortho intramolecular Hbond substituents is 1. The SMILES string of the molecule is CC1=CC(=O)C2=C(C1=O)[C@@H](c1ccc(OCc3ccccc3)cc1O)C1=CC[C@@H]3C(=O)N(CCC(=O)O)C(=O)[C@@H]3[C@@H]1C2. The number of aromatic hydroxyl groups is 1. The van der Waals surface area contributed by atoms with Crippen LogP contribution in [0.4, 0.5) is 0 Å². The van der Waals surface area contributed by atoms with Crippen LogP contribution in [0.5, 0.6) is 11.5 Å². The van der Waals surface area contributed by atoms with Crippen molar-refractivity contribution in [3.63, 3.8) is 0 Å². The molecule has 0 radical (unpaired) electrons. The van der Waals surface area contributed by atoms with E-state index in [0.717, 1.165) is 10.5 Å². The summed E-state index contributed by atoms with van der Waals surface area (Å²) in [5.74, 6) is -5.11. The predicted octanol–water partition coefficient (Wildman–Crippen LogP) is 3.88. The number of ketones is 2. The van der Waals surface area contributed by atoms with Crippen molar-refractivity contribution in [2.24, 2.45) is 17.8 Å². The van der Waals surface area contributed by atoms with E-state index in [1.54, 1.807) is 19.1 Å². The molecule has 9 nitrogen and oxygen atoms in total. The van der Waals surface area contributed by atoms with Crippen molar-refractivity contribution in [1.29, 1.82) is 0 Å². The summed E-state index contributed by atoms with van der Waals surface area (Å²) in [5, 5.41) is 20.4. The summed E-state index contributed by atoms with van der Waals surface area (Å²) in [5.41, 5.74) is 2.93. The van der Waals surface area contributed by atoms with Crippen LogP contribution in [-0.4, -0.2) is 51.0 Å². The Kier molecular flexibility index (Phi) is 6.88. The number of fused-ring (bicyclic) bond motifs is 3. The molecule has 0 unspecified atom stereocenters. The van der Waals surface area contributed by atoms with Gasteiger partial charge >= 0.3 is 5.97 Å². The first kappa shape index (κ1) is 27.4. The van der Waals surface area contributed by atoms with E-state index in [9.17, 15) is 29.1 Å². The molecule has 0 bridgehead atoms. The number of ether oxygens (including phenoxy) is 1. The second-order valence-corrected chi connectivity index (χ2v) is 11.2. The lowest BCUT2D eigenvalue weighted by Gasteiger charge is -2.42. The first-order chi connectivity index (χ1) is 20.2. The Balaban J connectivity index is 1.38. The van der Waals surface area contributed by atoms with Gasteiger partial charge in [-0.25, -0.2) is 0 Å². The Morgan fingerprint density at radius 2 is 1.79 bits per heavy atom. The van der Waals surface area contributed by atoms with Crippen molar-refractivity contribution >= 4 is 29.4 Å². The van der Waals surface area contributed by atoms with Gasteiger partial charge in [0.15, 0.2) is 11.6 Å². The third-order valence-electron chi connectivity index (χ3n) is 8.77. The average molecular weight is 568 g/mol. The number of aliphatic carboxylic acids is 1. The number of hydrogen-bond donors (Lipinski definition) is 2. The number of nitrogens with zero attached hydrogens (tertiary/aromatic N) is 1. The predicted molar refractivity (Wildman–Crippen MR) is 149 cm³/mol. The van der Waals surface area contributed by atoms with Gasteiger partial charge in [-0.2, -0.15) is 0 Å². The molecule has 0 saturated carbocycles. The summed E-state index contributed by atoms with van der Waals surface area (Å²) in [6, 6.07) is 14.4. The molecule has 214 valence electrons. The highest BCUT2D eigenvalue weighted by atomic mass is 16.5. The molecule has 6 rings (SSSR count). The van der Waals surface area contributed by atoms with E-state index in [4.69, 9.17) is 9.84 Å². The number of phenols is 1. The lowest BCUT2D eigenvalue weighted by Crippen LogP contribution is -2.40. The molecule has 1 heterocycles. The monoisotopic (exact) mass is 567 g/mol. The molecule has 3 aliphatic carbocycles. The lowest BCUT2D eigenvalue weighted by atomic mass is 9.59. The van der Waals surface area contributed by atoms with E-state index >= 15 is 0 Å². The minimum absolute atomic E-state index is 0.109. The summed E-state index contributed by atoms with van der Waals surface area (Å²) in [6.45, 7) is 1.66. The molecule has 9 heteroatoms. The molecule has 42 heavy (non-hydrogen) atoms. The Morgan fingerprint density at radius 3 is 2.50 bits per heavy atom. The molecule has 2 aromatic carbocycles. The zero-order chi connectivity index (χ0) is 29.7. The molecular weight excluding hydrogens is 538 g/mol. The number of hydrogen-bond acceptors (Lipinski definition) is 7. The van der Waals surface area contributed by atoms with Crippen LogP contribution in [0.1, 0.15) is 43.2 Å². The quantitative estimate of drug-likeness (QED) is 0.292. The van der Waals surface area contributed by atoms with Gasteiger partial charge in [0.25, 0.3) is 0 Å². The lowest BCUT2D eigenvalue weighted by molar-refractivity contribution is -0.142. The highest BCUT2D eigenvalue weighted by molar-refractivity contribution is 6.24. The normalized spacial score (nSPS) is 25.0. The van der Waals surface area contributed by atoms with E-state index in [-0.39, 0.29) is 54.3 Å². The van der Waals surface area contributed by atoms with Crippen molar-refractivity contribution in [3.8, 4) is 11.5 Å². The Labute approximate surface area is 241 Å². The van der Waals surface area contributed by atoms with Crippen molar-refractivity contribution in [3.05, 3.63) is 94.1 Å². The smallest absolute Gasteiger partial charge is 0.305 e. The van der Waals surface area contributed by atoms with Gasteiger partial charge in [0.2, 0.25) is 11.8 Å². The number of likely N-dealkylation sites (tertiary alicyclic amines) is 1. The molecule has 4 aliphatic rings. The maximum Gasteiger partial charge on any atom is 0.305 e. The fraction of sp³-hybridized carbons (Fsp3) is 0.303. The van der Waals surface area contributed by atoms with Gasteiger partial charge in [-0.1, -0.05) is 48.0 Å². The van der Waals surface area contributed by atoms with Gasteiger partial charge in [0.05, 0.1) is 18.3 Å². The minimum Gasteiger partial charge on any atom is -0.507 e. The molecule has 1 saturated heterocycles. The minimum atomic E-state index is -1.11. The fourth-order valence-electron chi connectivity index (χ4n) is 6.81. The first-order valence-corrected chi connectivity index (χ1v) is 13.9. The Morgan fingerprint density at radius 1 is 1.02 bits per heavy atom. The fourth-order valence-corrected chi connectivity index (χ4v) is 6.81. The highest BCUT2D eigenvalue weighted by Gasteiger charge is 2.56. The zero-order valence-corrected chi connectivity index (χ0v) is 22.9. The van der Waals surface area contributed by atoms with Crippen molar-refractivity contribution < 1.29 is 38.9 Å². The van der Waals surface area contributed by atoms with Gasteiger partial charge in [-0.05, 0) is 43.4 Å². The molecule has 2 aromatic rings. The number of benzene rings is 2. The molecule has 4 atom stereocenters. The summed E-state index contributed by atoms with van der Waals surface area (Å²) >= 11 is 0. The third-order valence-corrected chi connectivity index (χ3v) is 8.77. The van der Waals surface area contributed by atoms with Gasteiger partial charge in [-0.15, -0.1) is 0 Å². The third kappa shape index (κ3) is 4.55. The van der Waals surface area contributed by atoms with Crippen LogP contribution in [-0.2, 0) is 30.6 Å². The summed E-state index contributed by atoms with van der Waals surface area (Å²) < 4.78 is 5.87.